The minimum atomic E-state index is -0.857. The highest BCUT2D eigenvalue weighted by Crippen LogP contribution is 2.33. The van der Waals surface area contributed by atoms with Crippen LogP contribution in [0.4, 0.5) is 5.69 Å². The van der Waals surface area contributed by atoms with Crippen molar-refractivity contribution in [1.82, 2.24) is 19.7 Å². The number of anilines is 1. The molecule has 2 aromatic rings. The van der Waals surface area contributed by atoms with Crippen molar-refractivity contribution in [2.24, 2.45) is 0 Å². The third-order valence-corrected chi connectivity index (χ3v) is 3.90. The average molecular weight is 305 g/mol. The van der Waals surface area contributed by atoms with Gasteiger partial charge >= 0.3 is 5.97 Å². The van der Waals surface area contributed by atoms with E-state index in [1.54, 1.807) is 11.9 Å². The fourth-order valence-electron chi connectivity index (χ4n) is 2.61. The summed E-state index contributed by atoms with van der Waals surface area (Å²) >= 11 is 5.22. The van der Waals surface area contributed by atoms with Gasteiger partial charge in [0.25, 0.3) is 0 Å². The summed E-state index contributed by atoms with van der Waals surface area (Å²) in [5, 5.41) is 19.4. The topological polar surface area (TPSA) is 86.2 Å². The Morgan fingerprint density at radius 3 is 2.90 bits per heavy atom. The molecule has 0 radical (unpaired) electrons. The van der Waals surface area contributed by atoms with Gasteiger partial charge in [-0.25, -0.2) is 0 Å². The molecule has 7 nitrogen and oxygen atoms in total. The molecule has 1 unspecified atom stereocenters. The molecule has 21 heavy (non-hydrogen) atoms. The Kier molecular flexibility index (Phi) is 3.26. The number of H-pyrrole nitrogens is 1. The van der Waals surface area contributed by atoms with Gasteiger partial charge in [-0.2, -0.15) is 5.10 Å². The van der Waals surface area contributed by atoms with Crippen LogP contribution < -0.4 is 5.32 Å². The predicted molar refractivity (Wildman–Crippen MR) is 80.1 cm³/mol. The van der Waals surface area contributed by atoms with Gasteiger partial charge in [-0.3, -0.25) is 19.4 Å². The van der Waals surface area contributed by atoms with Gasteiger partial charge in [-0.15, -0.1) is 0 Å². The number of fused-ring (bicyclic) bond motifs is 1. The maximum Gasteiger partial charge on any atom is 0.325 e. The number of nitrogens with zero attached hydrogens (tertiary/aromatic N) is 3. The smallest absolute Gasteiger partial charge is 0.325 e. The minimum absolute atomic E-state index is 0.475. The number of hydrogen-bond donors (Lipinski definition) is 3. The number of aliphatic carboxylic acids is 1. The SMILES string of the molecule is Cc1n[nH]c(=S)n1-c1ccc2c(c1)NCN(C)C2C(=O)O. The molecule has 1 aliphatic heterocycles. The number of carboxylic acids is 1. The molecular weight excluding hydrogens is 290 g/mol. The zero-order chi connectivity index (χ0) is 15.1. The van der Waals surface area contributed by atoms with Crippen LogP contribution in [0.15, 0.2) is 18.2 Å². The van der Waals surface area contributed by atoms with Crippen molar-refractivity contribution in [1.29, 1.82) is 0 Å². The maximum atomic E-state index is 11.4. The Morgan fingerprint density at radius 2 is 2.29 bits per heavy atom. The Bertz CT molecular complexity index is 766. The van der Waals surface area contributed by atoms with E-state index in [4.69, 9.17) is 12.2 Å². The van der Waals surface area contributed by atoms with Crippen molar-refractivity contribution in [3.8, 4) is 5.69 Å². The van der Waals surface area contributed by atoms with E-state index in [2.05, 4.69) is 15.5 Å². The lowest BCUT2D eigenvalue weighted by Crippen LogP contribution is -2.38. The molecule has 1 aromatic carbocycles. The van der Waals surface area contributed by atoms with Crippen LogP contribution in [0.5, 0.6) is 0 Å². The predicted octanol–water partition coefficient (Wildman–Crippen LogP) is 1.68. The van der Waals surface area contributed by atoms with Gasteiger partial charge in [-0.1, -0.05) is 6.07 Å². The van der Waals surface area contributed by atoms with E-state index < -0.39 is 12.0 Å². The largest absolute Gasteiger partial charge is 0.480 e. The summed E-state index contributed by atoms with van der Waals surface area (Å²) in [7, 11) is 1.78. The molecule has 3 N–H and O–H groups in total. The second-order valence-corrected chi connectivity index (χ2v) is 5.40. The first kappa shape index (κ1) is 13.8. The normalized spacial score (nSPS) is 18.1. The summed E-state index contributed by atoms with van der Waals surface area (Å²) in [5.41, 5.74) is 2.40. The van der Waals surface area contributed by atoms with Crippen LogP contribution in [0.3, 0.4) is 0 Å². The van der Waals surface area contributed by atoms with E-state index in [9.17, 15) is 9.90 Å². The highest BCUT2D eigenvalue weighted by Gasteiger charge is 2.30. The van der Waals surface area contributed by atoms with E-state index >= 15 is 0 Å². The van der Waals surface area contributed by atoms with E-state index in [0.29, 0.717) is 11.4 Å². The second kappa shape index (κ2) is 4.97. The van der Waals surface area contributed by atoms with Gasteiger partial charge in [0, 0.05) is 11.3 Å². The van der Waals surface area contributed by atoms with Crippen LogP contribution in [0.2, 0.25) is 0 Å². The molecule has 1 atom stereocenters. The van der Waals surface area contributed by atoms with E-state index in [-0.39, 0.29) is 0 Å². The highest BCUT2D eigenvalue weighted by atomic mass is 32.1. The monoisotopic (exact) mass is 305 g/mol. The van der Waals surface area contributed by atoms with Crippen LogP contribution >= 0.6 is 12.2 Å². The first-order chi connectivity index (χ1) is 9.99. The Balaban J connectivity index is 2.11. The van der Waals surface area contributed by atoms with Crippen molar-refractivity contribution >= 4 is 23.9 Å². The number of benzene rings is 1. The van der Waals surface area contributed by atoms with Crippen molar-refractivity contribution in [3.63, 3.8) is 0 Å². The van der Waals surface area contributed by atoms with Crippen molar-refractivity contribution in [3.05, 3.63) is 34.4 Å². The molecule has 3 rings (SSSR count). The van der Waals surface area contributed by atoms with Crippen LogP contribution in [-0.2, 0) is 4.79 Å². The van der Waals surface area contributed by atoms with Gasteiger partial charge in [0.15, 0.2) is 4.77 Å². The number of nitrogens with one attached hydrogen (secondary N) is 2. The van der Waals surface area contributed by atoms with Gasteiger partial charge in [0.1, 0.15) is 11.9 Å². The third-order valence-electron chi connectivity index (χ3n) is 3.62. The van der Waals surface area contributed by atoms with Gasteiger partial charge < -0.3 is 10.4 Å². The molecule has 1 aromatic heterocycles. The molecule has 0 bridgehead atoms. The molecule has 0 saturated heterocycles. The second-order valence-electron chi connectivity index (χ2n) is 5.02. The number of aromatic amines is 1. The maximum absolute atomic E-state index is 11.4. The summed E-state index contributed by atoms with van der Waals surface area (Å²) in [6.07, 6.45) is 0. The number of carbonyl (C=O) groups is 1. The Labute approximate surface area is 126 Å². The lowest BCUT2D eigenvalue weighted by atomic mass is 10.0. The molecule has 0 spiro atoms. The number of aromatic nitrogens is 3. The zero-order valence-corrected chi connectivity index (χ0v) is 12.4. The minimum Gasteiger partial charge on any atom is -0.480 e. The number of aryl methyl sites for hydroxylation is 1. The van der Waals surface area contributed by atoms with Crippen molar-refractivity contribution < 1.29 is 9.90 Å². The van der Waals surface area contributed by atoms with Gasteiger partial charge in [0.2, 0.25) is 0 Å². The Hall–Kier alpha value is -2.19. The summed E-state index contributed by atoms with van der Waals surface area (Å²) in [6, 6.07) is 4.93. The summed E-state index contributed by atoms with van der Waals surface area (Å²) in [5.74, 6) is -0.105. The molecular formula is C13H15N5O2S. The molecule has 8 heteroatoms. The fraction of sp³-hybridized carbons (Fsp3) is 0.308. The Morgan fingerprint density at radius 1 is 1.52 bits per heavy atom. The van der Waals surface area contributed by atoms with Gasteiger partial charge in [0.05, 0.1) is 12.4 Å². The van der Waals surface area contributed by atoms with Crippen LogP contribution in [0.1, 0.15) is 17.4 Å². The van der Waals surface area contributed by atoms with Crippen LogP contribution in [-0.4, -0.2) is 44.5 Å². The standard InChI is InChI=1S/C13H15N5O2S/c1-7-15-16-13(21)18(7)8-3-4-9-10(5-8)14-6-17(2)11(9)12(19)20/h3-5,11,14H,6H2,1-2H3,(H,16,21)(H,19,20). The quantitative estimate of drug-likeness (QED) is 0.732. The van der Waals surface area contributed by atoms with Crippen LogP contribution in [0.25, 0.3) is 5.69 Å². The van der Waals surface area contributed by atoms with E-state index in [1.807, 2.05) is 29.7 Å². The summed E-state index contributed by atoms with van der Waals surface area (Å²) in [4.78, 5) is 13.2. The molecule has 2 heterocycles. The molecule has 110 valence electrons. The summed E-state index contributed by atoms with van der Waals surface area (Å²) in [6.45, 7) is 2.33. The number of hydrogen-bond acceptors (Lipinski definition) is 5. The lowest BCUT2D eigenvalue weighted by Gasteiger charge is -2.32. The van der Waals surface area contributed by atoms with Gasteiger partial charge in [-0.05, 0) is 38.3 Å². The highest BCUT2D eigenvalue weighted by molar-refractivity contribution is 7.71. The van der Waals surface area contributed by atoms with Crippen molar-refractivity contribution in [2.45, 2.75) is 13.0 Å². The number of rotatable bonds is 2. The first-order valence-corrected chi connectivity index (χ1v) is 6.85. The number of carboxylic acid groups (broad SMARTS) is 1. The molecule has 0 aliphatic carbocycles. The van der Waals surface area contributed by atoms with E-state index in [0.717, 1.165) is 22.8 Å². The third kappa shape index (κ3) is 2.22. The molecule has 1 aliphatic rings. The van der Waals surface area contributed by atoms with E-state index in [1.165, 1.54) is 0 Å². The molecule has 0 amide bonds. The fourth-order valence-corrected chi connectivity index (χ4v) is 2.90. The average Bonchev–Trinajstić information content (AvgIpc) is 2.77. The molecule has 0 saturated carbocycles. The first-order valence-electron chi connectivity index (χ1n) is 6.44. The number of likely N-dealkylation sites (N-methyl/N-ethyl adjacent to an activating group) is 1. The lowest BCUT2D eigenvalue weighted by molar-refractivity contribution is -0.143. The zero-order valence-electron chi connectivity index (χ0n) is 11.6. The molecule has 0 fully saturated rings. The summed E-state index contributed by atoms with van der Waals surface area (Å²) < 4.78 is 2.32. The van der Waals surface area contributed by atoms with Crippen molar-refractivity contribution in [2.75, 3.05) is 19.0 Å². The van der Waals surface area contributed by atoms with Crippen LogP contribution in [0, 0.1) is 11.7 Å².